The van der Waals surface area contributed by atoms with Crippen LogP contribution >= 0.6 is 22.6 Å². The Hall–Kier alpha value is -2.40. The molecule has 9 heteroatoms. The Kier molecular flexibility index (Phi) is 8.32. The van der Waals surface area contributed by atoms with Crippen molar-refractivity contribution in [3.8, 4) is 5.75 Å². The zero-order valence-corrected chi connectivity index (χ0v) is 24.3. The van der Waals surface area contributed by atoms with Crippen LogP contribution in [0.2, 0.25) is 0 Å². The van der Waals surface area contributed by atoms with E-state index in [2.05, 4.69) is 33.6 Å². The molecule has 2 heterocycles. The number of carboxylic acids is 1. The average molecular weight is 622 g/mol. The van der Waals surface area contributed by atoms with Crippen LogP contribution in [0.4, 0.5) is 4.79 Å². The molecule has 200 valence electrons. The van der Waals surface area contributed by atoms with Crippen LogP contribution in [0.1, 0.15) is 79.7 Å². The normalized spacial score (nSPS) is 19.4. The fourth-order valence-electron chi connectivity index (χ4n) is 4.61. The van der Waals surface area contributed by atoms with E-state index in [4.69, 9.17) is 14.5 Å². The van der Waals surface area contributed by atoms with Crippen LogP contribution in [0.25, 0.3) is 0 Å². The van der Waals surface area contributed by atoms with Crippen LogP contribution in [0.3, 0.4) is 0 Å². The molecule has 1 saturated carbocycles. The van der Waals surface area contributed by atoms with Crippen molar-refractivity contribution in [2.24, 2.45) is 0 Å². The summed E-state index contributed by atoms with van der Waals surface area (Å²) in [7, 11) is 0. The highest BCUT2D eigenvalue weighted by Crippen LogP contribution is 2.40. The Morgan fingerprint density at radius 1 is 1.22 bits per heavy atom. The summed E-state index contributed by atoms with van der Waals surface area (Å²) in [6.07, 6.45) is 3.75. The number of benzene rings is 1. The lowest BCUT2D eigenvalue weighted by Crippen LogP contribution is -2.55. The Balaban J connectivity index is 1.52. The predicted octanol–water partition coefficient (Wildman–Crippen LogP) is 5.63. The third-order valence-corrected chi connectivity index (χ3v) is 7.57. The molecule has 2 fully saturated rings. The van der Waals surface area contributed by atoms with Gasteiger partial charge in [0.25, 0.3) is 0 Å². The van der Waals surface area contributed by atoms with Gasteiger partial charge in [0.2, 0.25) is 0 Å². The summed E-state index contributed by atoms with van der Waals surface area (Å²) in [5, 5.41) is 9.48. The van der Waals surface area contributed by atoms with Gasteiger partial charge in [-0.05, 0) is 105 Å². The standard InChI is InChI=1S/C28H36IN3O5/c1-17-12-24(22(29)13-21(17)26(33)34)36-25(23-9-8-20(14-30-23)19-6-7-19)16-31-10-11-32(18(2)15-31)27(35)37-28(3,4)5/h8-9,12-14,18-19,25H,6-7,10-11,15-16H2,1-5H3,(H,33,34)/t18-,25-/m1/s1. The second-order valence-electron chi connectivity index (χ2n) is 11.1. The fraction of sp³-hybridized carbons (Fsp3) is 0.536. The van der Waals surface area contributed by atoms with Crippen molar-refractivity contribution in [3.05, 3.63) is 56.4 Å². The first-order valence-corrected chi connectivity index (χ1v) is 13.9. The molecule has 1 aliphatic heterocycles. The van der Waals surface area contributed by atoms with E-state index in [1.54, 1.807) is 24.0 Å². The smallest absolute Gasteiger partial charge is 0.410 e. The van der Waals surface area contributed by atoms with Crippen LogP contribution in [0, 0.1) is 10.5 Å². The Morgan fingerprint density at radius 3 is 2.51 bits per heavy atom. The summed E-state index contributed by atoms with van der Waals surface area (Å²) in [4.78, 5) is 33.1. The molecular weight excluding hydrogens is 585 g/mol. The van der Waals surface area contributed by atoms with E-state index in [0.29, 0.717) is 43.4 Å². The van der Waals surface area contributed by atoms with Crippen LogP contribution in [0.15, 0.2) is 30.5 Å². The monoisotopic (exact) mass is 621 g/mol. The van der Waals surface area contributed by atoms with Crippen molar-refractivity contribution in [1.82, 2.24) is 14.8 Å². The van der Waals surface area contributed by atoms with Gasteiger partial charge in [0.05, 0.1) is 14.8 Å². The lowest BCUT2D eigenvalue weighted by Gasteiger charge is -2.41. The van der Waals surface area contributed by atoms with Crippen molar-refractivity contribution in [2.75, 3.05) is 26.2 Å². The van der Waals surface area contributed by atoms with E-state index in [9.17, 15) is 14.7 Å². The zero-order valence-electron chi connectivity index (χ0n) is 22.2. The Labute approximate surface area is 232 Å². The van der Waals surface area contributed by atoms with Gasteiger partial charge in [-0.15, -0.1) is 0 Å². The van der Waals surface area contributed by atoms with E-state index in [-0.39, 0.29) is 23.8 Å². The topological polar surface area (TPSA) is 92.2 Å². The van der Waals surface area contributed by atoms with Gasteiger partial charge >= 0.3 is 12.1 Å². The Bertz CT molecular complexity index is 1140. The molecule has 0 bridgehead atoms. The number of rotatable bonds is 7. The maximum atomic E-state index is 12.7. The largest absolute Gasteiger partial charge is 0.482 e. The molecule has 1 aromatic carbocycles. The van der Waals surface area contributed by atoms with Crippen LogP contribution < -0.4 is 4.74 Å². The average Bonchev–Trinajstić information content (AvgIpc) is 3.65. The first-order chi connectivity index (χ1) is 17.4. The number of piperazine rings is 1. The van der Waals surface area contributed by atoms with Gasteiger partial charge in [0.15, 0.2) is 6.10 Å². The molecule has 4 rings (SSSR count). The summed E-state index contributed by atoms with van der Waals surface area (Å²) in [6.45, 7) is 12.0. The number of aryl methyl sites for hydroxylation is 1. The second-order valence-corrected chi connectivity index (χ2v) is 12.2. The third-order valence-electron chi connectivity index (χ3n) is 6.73. The SMILES string of the molecule is Cc1cc(O[C@H](CN2CCN(C(=O)OC(C)(C)C)[C@H](C)C2)c2ccc(C3CC3)cn2)c(I)cc1C(=O)O. The van der Waals surface area contributed by atoms with E-state index in [1.807, 2.05) is 40.0 Å². The maximum Gasteiger partial charge on any atom is 0.410 e. The minimum Gasteiger partial charge on any atom is -0.482 e. The van der Waals surface area contributed by atoms with Gasteiger partial charge in [-0.3, -0.25) is 9.88 Å². The van der Waals surface area contributed by atoms with Crippen LogP contribution in [-0.4, -0.2) is 69.8 Å². The number of nitrogens with zero attached hydrogens (tertiary/aromatic N) is 3. The molecule has 2 aromatic rings. The van der Waals surface area contributed by atoms with Crippen LogP contribution in [0.5, 0.6) is 5.75 Å². The second kappa shape index (κ2) is 11.1. The number of carbonyl (C=O) groups is 2. The van der Waals surface area contributed by atoms with Crippen molar-refractivity contribution >= 4 is 34.7 Å². The van der Waals surface area contributed by atoms with Gasteiger partial charge in [0.1, 0.15) is 11.4 Å². The number of hydrogen-bond donors (Lipinski definition) is 1. The van der Waals surface area contributed by atoms with E-state index in [0.717, 1.165) is 9.26 Å². The number of ether oxygens (including phenoxy) is 2. The van der Waals surface area contributed by atoms with Crippen molar-refractivity contribution in [1.29, 1.82) is 0 Å². The van der Waals surface area contributed by atoms with E-state index in [1.165, 1.54) is 18.4 Å². The number of amides is 1. The van der Waals surface area contributed by atoms with Crippen LogP contribution in [-0.2, 0) is 4.74 Å². The van der Waals surface area contributed by atoms with Gasteiger partial charge in [-0.2, -0.15) is 0 Å². The minimum absolute atomic E-state index is 0.00770. The maximum absolute atomic E-state index is 12.7. The molecule has 37 heavy (non-hydrogen) atoms. The molecule has 1 aliphatic carbocycles. The van der Waals surface area contributed by atoms with Gasteiger partial charge in [-0.25, -0.2) is 9.59 Å². The number of hydrogen-bond acceptors (Lipinski definition) is 6. The van der Waals surface area contributed by atoms with Gasteiger partial charge in [0, 0.05) is 38.4 Å². The molecule has 1 amide bonds. The van der Waals surface area contributed by atoms with Crippen molar-refractivity contribution in [2.45, 2.75) is 71.1 Å². The summed E-state index contributed by atoms with van der Waals surface area (Å²) in [6, 6.07) is 7.62. The van der Waals surface area contributed by atoms with E-state index >= 15 is 0 Å². The number of aromatic carboxylic acids is 1. The molecule has 1 N–H and O–H groups in total. The molecule has 1 saturated heterocycles. The lowest BCUT2D eigenvalue weighted by molar-refractivity contribution is -0.00319. The first kappa shape index (κ1) is 27.6. The number of carbonyl (C=O) groups excluding carboxylic acids is 1. The summed E-state index contributed by atoms with van der Waals surface area (Å²) in [5.74, 6) is 0.309. The predicted molar refractivity (Wildman–Crippen MR) is 149 cm³/mol. The molecule has 2 aliphatic rings. The summed E-state index contributed by atoms with van der Waals surface area (Å²) >= 11 is 2.12. The van der Waals surface area contributed by atoms with E-state index < -0.39 is 11.6 Å². The summed E-state index contributed by atoms with van der Waals surface area (Å²) in [5.41, 5.74) is 2.49. The first-order valence-electron chi connectivity index (χ1n) is 12.8. The Morgan fingerprint density at radius 2 is 1.95 bits per heavy atom. The lowest BCUT2D eigenvalue weighted by atomic mass is 10.1. The molecule has 0 radical (unpaired) electrons. The zero-order chi connectivity index (χ0) is 26.9. The quantitative estimate of drug-likeness (QED) is 0.401. The van der Waals surface area contributed by atoms with Crippen molar-refractivity contribution in [3.63, 3.8) is 0 Å². The third kappa shape index (κ3) is 7.13. The fourth-order valence-corrected chi connectivity index (χ4v) is 5.20. The molecule has 1 aromatic heterocycles. The summed E-state index contributed by atoms with van der Waals surface area (Å²) < 4.78 is 12.9. The van der Waals surface area contributed by atoms with Crippen molar-refractivity contribution < 1.29 is 24.2 Å². The molecule has 2 atom stereocenters. The number of halogens is 1. The highest BCUT2D eigenvalue weighted by atomic mass is 127. The molecule has 0 unspecified atom stereocenters. The minimum atomic E-state index is -0.951. The highest BCUT2D eigenvalue weighted by Gasteiger charge is 2.33. The molecule has 8 nitrogen and oxygen atoms in total. The molecule has 0 spiro atoms. The highest BCUT2D eigenvalue weighted by molar-refractivity contribution is 14.1. The van der Waals surface area contributed by atoms with Gasteiger partial charge in [-0.1, -0.05) is 6.07 Å². The van der Waals surface area contributed by atoms with Gasteiger partial charge < -0.3 is 19.5 Å². The number of aromatic nitrogens is 1. The number of pyridine rings is 1. The molecular formula is C28H36IN3O5. The number of carboxylic acid groups (broad SMARTS) is 1.